The summed E-state index contributed by atoms with van der Waals surface area (Å²) in [6.07, 6.45) is 1.47. The largest absolute Gasteiger partial charge is 0.309 e. The molecule has 2 rings (SSSR count). The Morgan fingerprint density at radius 2 is 2.19 bits per heavy atom. The molecule has 0 unspecified atom stereocenters. The highest BCUT2D eigenvalue weighted by atomic mass is 32.2. The first-order chi connectivity index (χ1) is 7.57. The minimum absolute atomic E-state index is 0.326. The van der Waals surface area contributed by atoms with E-state index in [0.29, 0.717) is 17.5 Å². The first kappa shape index (κ1) is 12.0. The number of hydrogen-bond donors (Lipinski definition) is 1. The minimum atomic E-state index is -2.75. The SMILES string of the molecule is Cc1ncsc1CNC1CCS(=O)(=O)CC1. The molecule has 1 fully saturated rings. The van der Waals surface area contributed by atoms with Gasteiger partial charge in [-0.2, -0.15) is 0 Å². The highest BCUT2D eigenvalue weighted by molar-refractivity contribution is 7.91. The van der Waals surface area contributed by atoms with Gasteiger partial charge < -0.3 is 5.32 Å². The van der Waals surface area contributed by atoms with Gasteiger partial charge in [0.2, 0.25) is 0 Å². The molecule has 0 aromatic carbocycles. The van der Waals surface area contributed by atoms with Crippen LogP contribution in [-0.4, -0.2) is 30.9 Å². The molecule has 0 aliphatic carbocycles. The zero-order valence-corrected chi connectivity index (χ0v) is 10.9. The Morgan fingerprint density at radius 3 is 2.75 bits per heavy atom. The van der Waals surface area contributed by atoms with E-state index in [1.165, 1.54) is 4.88 Å². The fourth-order valence-electron chi connectivity index (χ4n) is 1.83. The number of thiazole rings is 1. The number of aromatic nitrogens is 1. The lowest BCUT2D eigenvalue weighted by molar-refractivity contribution is 0.464. The molecule has 1 aromatic rings. The molecule has 0 spiro atoms. The summed E-state index contributed by atoms with van der Waals surface area (Å²) >= 11 is 1.65. The fraction of sp³-hybridized carbons (Fsp3) is 0.700. The van der Waals surface area contributed by atoms with Crippen molar-refractivity contribution in [3.8, 4) is 0 Å². The lowest BCUT2D eigenvalue weighted by Crippen LogP contribution is -2.37. The Kier molecular flexibility index (Phi) is 3.61. The van der Waals surface area contributed by atoms with Gasteiger partial charge in [-0.1, -0.05) is 0 Å². The standard InChI is InChI=1S/C10H16N2O2S2/c1-8-10(15-7-12-8)6-11-9-2-4-16(13,14)5-3-9/h7,9,11H,2-6H2,1H3. The quantitative estimate of drug-likeness (QED) is 0.884. The third kappa shape index (κ3) is 3.02. The first-order valence-corrected chi connectivity index (χ1v) is 8.10. The topological polar surface area (TPSA) is 59.1 Å². The number of aryl methyl sites for hydroxylation is 1. The zero-order chi connectivity index (χ0) is 11.6. The first-order valence-electron chi connectivity index (χ1n) is 5.39. The van der Waals surface area contributed by atoms with Crippen molar-refractivity contribution >= 4 is 21.2 Å². The summed E-state index contributed by atoms with van der Waals surface area (Å²) in [4.78, 5) is 5.43. The zero-order valence-electron chi connectivity index (χ0n) is 9.27. The molecule has 1 aliphatic heterocycles. The van der Waals surface area contributed by atoms with E-state index in [2.05, 4.69) is 10.3 Å². The molecule has 6 heteroatoms. The normalized spacial score (nSPS) is 21.1. The maximum absolute atomic E-state index is 11.2. The molecule has 1 aliphatic rings. The minimum Gasteiger partial charge on any atom is -0.309 e. The molecule has 2 heterocycles. The van der Waals surface area contributed by atoms with Crippen LogP contribution in [0.25, 0.3) is 0 Å². The van der Waals surface area contributed by atoms with E-state index in [-0.39, 0.29) is 0 Å². The van der Waals surface area contributed by atoms with Crippen LogP contribution in [0.2, 0.25) is 0 Å². The molecule has 1 saturated heterocycles. The number of sulfone groups is 1. The van der Waals surface area contributed by atoms with Gasteiger partial charge in [-0.25, -0.2) is 13.4 Å². The van der Waals surface area contributed by atoms with E-state index in [4.69, 9.17) is 0 Å². The summed E-state index contributed by atoms with van der Waals surface area (Å²) < 4.78 is 22.5. The predicted molar refractivity (Wildman–Crippen MR) is 65.4 cm³/mol. The Balaban J connectivity index is 1.82. The van der Waals surface area contributed by atoms with Gasteiger partial charge in [0.15, 0.2) is 0 Å². The lowest BCUT2D eigenvalue weighted by Gasteiger charge is -2.22. The van der Waals surface area contributed by atoms with Crippen molar-refractivity contribution in [2.75, 3.05) is 11.5 Å². The van der Waals surface area contributed by atoms with Gasteiger partial charge in [-0.05, 0) is 19.8 Å². The summed E-state index contributed by atoms with van der Waals surface area (Å²) in [5.74, 6) is 0.651. The van der Waals surface area contributed by atoms with Crippen LogP contribution in [0.3, 0.4) is 0 Å². The number of hydrogen-bond acceptors (Lipinski definition) is 5. The summed E-state index contributed by atoms with van der Waals surface area (Å²) in [6.45, 7) is 2.81. The Hall–Kier alpha value is -0.460. The summed E-state index contributed by atoms with van der Waals surface area (Å²) in [6, 6.07) is 0.338. The molecule has 4 nitrogen and oxygen atoms in total. The van der Waals surface area contributed by atoms with Crippen LogP contribution in [0.5, 0.6) is 0 Å². The number of rotatable bonds is 3. The van der Waals surface area contributed by atoms with E-state index in [1.807, 2.05) is 12.4 Å². The molecule has 0 radical (unpaired) electrons. The van der Waals surface area contributed by atoms with Gasteiger partial charge in [0.25, 0.3) is 0 Å². The van der Waals surface area contributed by atoms with Gasteiger partial charge in [0.1, 0.15) is 9.84 Å². The summed E-state index contributed by atoms with van der Waals surface area (Å²) in [5, 5.41) is 3.41. The van der Waals surface area contributed by atoms with Gasteiger partial charge in [0.05, 0.1) is 22.7 Å². The molecule has 1 N–H and O–H groups in total. The fourth-order valence-corrected chi connectivity index (χ4v) is 4.05. The van der Waals surface area contributed by atoms with Crippen LogP contribution in [0.4, 0.5) is 0 Å². The Morgan fingerprint density at radius 1 is 1.50 bits per heavy atom. The van der Waals surface area contributed by atoms with Crippen molar-refractivity contribution in [1.82, 2.24) is 10.3 Å². The highest BCUT2D eigenvalue weighted by Crippen LogP contribution is 2.15. The molecule has 0 atom stereocenters. The van der Waals surface area contributed by atoms with Crippen LogP contribution >= 0.6 is 11.3 Å². The highest BCUT2D eigenvalue weighted by Gasteiger charge is 2.23. The van der Waals surface area contributed by atoms with Crippen LogP contribution < -0.4 is 5.32 Å². The molecule has 90 valence electrons. The Bertz CT molecular complexity index is 439. The molecule has 16 heavy (non-hydrogen) atoms. The van der Waals surface area contributed by atoms with E-state index >= 15 is 0 Å². The monoisotopic (exact) mass is 260 g/mol. The number of nitrogens with zero attached hydrogens (tertiary/aromatic N) is 1. The average molecular weight is 260 g/mol. The number of nitrogens with one attached hydrogen (secondary N) is 1. The van der Waals surface area contributed by atoms with E-state index < -0.39 is 9.84 Å². The smallest absolute Gasteiger partial charge is 0.150 e. The Labute approximate surface area is 100 Å². The van der Waals surface area contributed by atoms with Crippen molar-refractivity contribution < 1.29 is 8.42 Å². The molecular weight excluding hydrogens is 244 g/mol. The van der Waals surface area contributed by atoms with Crippen LogP contribution in [0.15, 0.2) is 5.51 Å². The summed E-state index contributed by atoms with van der Waals surface area (Å²) in [5.41, 5.74) is 2.92. The average Bonchev–Trinajstić information content (AvgIpc) is 2.63. The predicted octanol–water partition coefficient (Wildman–Crippen LogP) is 1.12. The van der Waals surface area contributed by atoms with Crippen LogP contribution in [0, 0.1) is 6.92 Å². The maximum Gasteiger partial charge on any atom is 0.150 e. The van der Waals surface area contributed by atoms with Gasteiger partial charge in [0, 0.05) is 17.5 Å². The van der Waals surface area contributed by atoms with E-state index in [9.17, 15) is 8.42 Å². The van der Waals surface area contributed by atoms with Crippen LogP contribution in [0.1, 0.15) is 23.4 Å². The molecule has 0 bridgehead atoms. The lowest BCUT2D eigenvalue weighted by atomic mass is 10.1. The van der Waals surface area contributed by atoms with E-state index in [1.54, 1.807) is 11.3 Å². The van der Waals surface area contributed by atoms with Gasteiger partial charge in [-0.15, -0.1) is 11.3 Å². The van der Waals surface area contributed by atoms with Crippen molar-refractivity contribution in [2.45, 2.75) is 32.4 Å². The third-order valence-electron chi connectivity index (χ3n) is 2.95. The second kappa shape index (κ2) is 4.81. The third-order valence-corrected chi connectivity index (χ3v) is 5.60. The van der Waals surface area contributed by atoms with Crippen molar-refractivity contribution in [3.05, 3.63) is 16.1 Å². The van der Waals surface area contributed by atoms with Gasteiger partial charge >= 0.3 is 0 Å². The molecular formula is C10H16N2O2S2. The van der Waals surface area contributed by atoms with E-state index in [0.717, 1.165) is 25.1 Å². The van der Waals surface area contributed by atoms with Crippen molar-refractivity contribution in [1.29, 1.82) is 0 Å². The van der Waals surface area contributed by atoms with Crippen molar-refractivity contribution in [2.24, 2.45) is 0 Å². The van der Waals surface area contributed by atoms with Crippen molar-refractivity contribution in [3.63, 3.8) is 0 Å². The maximum atomic E-state index is 11.2. The summed E-state index contributed by atoms with van der Waals surface area (Å²) in [7, 11) is -2.75. The molecule has 0 amide bonds. The van der Waals surface area contributed by atoms with Gasteiger partial charge in [-0.3, -0.25) is 0 Å². The second-order valence-electron chi connectivity index (χ2n) is 4.17. The molecule has 1 aromatic heterocycles. The second-order valence-corrected chi connectivity index (χ2v) is 7.41. The molecule has 0 saturated carbocycles. The van der Waals surface area contributed by atoms with Crippen LogP contribution in [-0.2, 0) is 16.4 Å².